The van der Waals surface area contributed by atoms with E-state index in [-0.39, 0.29) is 5.91 Å². The highest BCUT2D eigenvalue weighted by Crippen LogP contribution is 2.48. The van der Waals surface area contributed by atoms with Crippen LogP contribution < -0.4 is 10.7 Å². The number of aryl methyl sites for hydroxylation is 2. The molecule has 5 heteroatoms. The van der Waals surface area contributed by atoms with E-state index in [0.717, 1.165) is 34.7 Å². The second kappa shape index (κ2) is 5.67. The molecular weight excluding hydrogens is 318 g/mol. The van der Waals surface area contributed by atoms with Gasteiger partial charge in [0, 0.05) is 16.8 Å². The molecule has 2 N–H and O–H groups in total. The number of nitrogens with one attached hydrogen (secondary N) is 2. The van der Waals surface area contributed by atoms with Gasteiger partial charge >= 0.3 is 0 Å². The Balaban J connectivity index is 1.66. The number of carbonyl (C=O) groups is 1. The molecule has 0 radical (unpaired) electrons. The number of amides is 1. The van der Waals surface area contributed by atoms with Gasteiger partial charge in [0.2, 0.25) is 4.87 Å². The van der Waals surface area contributed by atoms with Crippen LogP contribution in [0.1, 0.15) is 35.6 Å². The van der Waals surface area contributed by atoms with E-state index < -0.39 is 4.87 Å². The molecule has 2 heterocycles. The van der Waals surface area contributed by atoms with Crippen molar-refractivity contribution in [3.63, 3.8) is 0 Å². The highest BCUT2D eigenvalue weighted by Gasteiger charge is 2.51. The van der Waals surface area contributed by atoms with Crippen LogP contribution in [0.4, 0.5) is 5.69 Å². The zero-order chi connectivity index (χ0) is 16.7. The molecule has 0 saturated heterocycles. The summed E-state index contributed by atoms with van der Waals surface area (Å²) < 4.78 is 0. The van der Waals surface area contributed by atoms with Crippen molar-refractivity contribution < 1.29 is 4.79 Å². The highest BCUT2D eigenvalue weighted by atomic mass is 32.2. The molecule has 1 atom stereocenters. The molecule has 2 aromatic carbocycles. The Bertz CT molecular complexity index is 844. The number of thioether (sulfide) groups is 1. The number of hydrogen-bond acceptors (Lipinski definition) is 4. The first kappa shape index (κ1) is 15.3. The average molecular weight is 337 g/mol. The first-order valence-corrected chi connectivity index (χ1v) is 9.00. The van der Waals surface area contributed by atoms with Crippen LogP contribution in [0.25, 0.3) is 0 Å². The molecule has 0 saturated carbocycles. The molecular formula is C19H19N3OS. The Morgan fingerprint density at radius 1 is 1.17 bits per heavy atom. The molecule has 1 amide bonds. The number of hydrazone groups is 1. The third-order valence-corrected chi connectivity index (χ3v) is 5.76. The van der Waals surface area contributed by atoms with Crippen LogP contribution in [0.5, 0.6) is 0 Å². The van der Waals surface area contributed by atoms with Crippen molar-refractivity contribution in [2.75, 3.05) is 5.32 Å². The van der Waals surface area contributed by atoms with Crippen molar-refractivity contribution in [1.82, 2.24) is 5.43 Å². The van der Waals surface area contributed by atoms with Crippen molar-refractivity contribution in [3.05, 3.63) is 64.7 Å². The Kier molecular flexibility index (Phi) is 3.61. The van der Waals surface area contributed by atoms with Crippen molar-refractivity contribution in [2.24, 2.45) is 5.10 Å². The standard InChI is InChI=1S/C19H19N3OS/c1-3-4-13-7-10-15-16(11-13)20-18(23)19(15)22-21-17(24-19)14-8-5-12(2)6-9-14/h5-11,22H,3-4H2,1-2H3,(H,20,23). The maximum atomic E-state index is 12.7. The van der Waals surface area contributed by atoms with Crippen LogP contribution in [0.2, 0.25) is 0 Å². The second-order valence-corrected chi connectivity index (χ2v) is 7.47. The largest absolute Gasteiger partial charge is 0.322 e. The molecule has 122 valence electrons. The molecule has 0 aromatic heterocycles. The zero-order valence-electron chi connectivity index (χ0n) is 13.7. The lowest BCUT2D eigenvalue weighted by Gasteiger charge is -2.20. The van der Waals surface area contributed by atoms with Gasteiger partial charge in [-0.25, -0.2) is 0 Å². The van der Waals surface area contributed by atoms with Gasteiger partial charge in [-0.15, -0.1) is 0 Å². The summed E-state index contributed by atoms with van der Waals surface area (Å²) in [7, 11) is 0. The Labute approximate surface area is 145 Å². The SMILES string of the molecule is CCCc1ccc2c(c1)NC(=O)C21NN=C(c2ccc(C)cc2)S1. The fourth-order valence-electron chi connectivity index (χ4n) is 3.13. The maximum Gasteiger partial charge on any atom is 0.267 e. The van der Waals surface area contributed by atoms with Gasteiger partial charge in [0.05, 0.1) is 0 Å². The van der Waals surface area contributed by atoms with E-state index in [2.05, 4.69) is 54.0 Å². The number of hydrogen-bond donors (Lipinski definition) is 2. The van der Waals surface area contributed by atoms with Crippen molar-refractivity contribution in [2.45, 2.75) is 31.6 Å². The molecule has 4 nitrogen and oxygen atoms in total. The van der Waals surface area contributed by atoms with Crippen molar-refractivity contribution >= 4 is 28.4 Å². The Morgan fingerprint density at radius 2 is 1.96 bits per heavy atom. The number of carbonyl (C=O) groups excluding carboxylic acids is 1. The van der Waals surface area contributed by atoms with E-state index in [1.54, 1.807) is 0 Å². The normalized spacial score (nSPS) is 21.4. The minimum atomic E-state index is -0.847. The van der Waals surface area contributed by atoms with Gasteiger partial charge in [0.1, 0.15) is 5.04 Å². The van der Waals surface area contributed by atoms with E-state index in [0.29, 0.717) is 0 Å². The van der Waals surface area contributed by atoms with Crippen LogP contribution in [0, 0.1) is 6.92 Å². The number of rotatable bonds is 3. The van der Waals surface area contributed by atoms with Crippen LogP contribution in [-0.4, -0.2) is 11.0 Å². The maximum absolute atomic E-state index is 12.7. The summed E-state index contributed by atoms with van der Waals surface area (Å²) in [5.41, 5.74) is 8.43. The number of nitrogens with zero attached hydrogens (tertiary/aromatic N) is 1. The monoisotopic (exact) mass is 337 g/mol. The van der Waals surface area contributed by atoms with Gasteiger partial charge in [0.25, 0.3) is 5.91 Å². The predicted molar refractivity (Wildman–Crippen MR) is 99.2 cm³/mol. The molecule has 1 unspecified atom stereocenters. The van der Waals surface area contributed by atoms with Gasteiger partial charge in [-0.1, -0.05) is 67.1 Å². The van der Waals surface area contributed by atoms with Crippen LogP contribution in [0.15, 0.2) is 47.6 Å². The molecule has 2 aliphatic heterocycles. The summed E-state index contributed by atoms with van der Waals surface area (Å²) in [6.07, 6.45) is 2.10. The lowest BCUT2D eigenvalue weighted by atomic mass is 10.0. The van der Waals surface area contributed by atoms with Gasteiger partial charge in [-0.2, -0.15) is 5.10 Å². The summed E-state index contributed by atoms with van der Waals surface area (Å²) in [6.45, 7) is 4.21. The lowest BCUT2D eigenvalue weighted by Crippen LogP contribution is -2.39. The molecule has 24 heavy (non-hydrogen) atoms. The third kappa shape index (κ3) is 2.31. The summed E-state index contributed by atoms with van der Waals surface area (Å²) in [5.74, 6) is -0.0537. The zero-order valence-corrected chi connectivity index (χ0v) is 14.5. The Morgan fingerprint density at radius 3 is 2.71 bits per heavy atom. The van der Waals surface area contributed by atoms with Gasteiger partial charge in [-0.05, 0) is 25.0 Å². The minimum Gasteiger partial charge on any atom is -0.322 e. The number of fused-ring (bicyclic) bond motifs is 2. The van der Waals surface area contributed by atoms with Crippen molar-refractivity contribution in [1.29, 1.82) is 0 Å². The number of benzene rings is 2. The molecule has 4 rings (SSSR count). The average Bonchev–Trinajstić information content (AvgIpc) is 3.12. The minimum absolute atomic E-state index is 0.0537. The first-order valence-electron chi connectivity index (χ1n) is 8.18. The lowest BCUT2D eigenvalue weighted by molar-refractivity contribution is -0.118. The summed E-state index contributed by atoms with van der Waals surface area (Å²) >= 11 is 1.48. The second-order valence-electron chi connectivity index (χ2n) is 6.26. The molecule has 0 fully saturated rings. The van der Waals surface area contributed by atoms with E-state index in [9.17, 15) is 4.79 Å². The van der Waals surface area contributed by atoms with E-state index in [4.69, 9.17) is 0 Å². The summed E-state index contributed by atoms with van der Waals surface area (Å²) in [6, 6.07) is 14.4. The van der Waals surface area contributed by atoms with E-state index >= 15 is 0 Å². The molecule has 1 spiro atoms. The van der Waals surface area contributed by atoms with Crippen LogP contribution in [-0.2, 0) is 16.1 Å². The van der Waals surface area contributed by atoms with Crippen LogP contribution in [0.3, 0.4) is 0 Å². The smallest absolute Gasteiger partial charge is 0.267 e. The topological polar surface area (TPSA) is 53.5 Å². The molecule has 2 aromatic rings. The number of anilines is 1. The van der Waals surface area contributed by atoms with Crippen molar-refractivity contribution in [3.8, 4) is 0 Å². The Hall–Kier alpha value is -2.27. The molecule has 0 aliphatic carbocycles. The summed E-state index contributed by atoms with van der Waals surface area (Å²) in [4.78, 5) is 11.8. The fraction of sp³-hybridized carbons (Fsp3) is 0.263. The summed E-state index contributed by atoms with van der Waals surface area (Å²) in [5, 5.41) is 8.31. The van der Waals surface area contributed by atoms with E-state index in [1.807, 2.05) is 18.2 Å². The van der Waals surface area contributed by atoms with Gasteiger partial charge in [-0.3, -0.25) is 10.2 Å². The predicted octanol–water partition coefficient (Wildman–Crippen LogP) is 3.75. The third-order valence-electron chi connectivity index (χ3n) is 4.43. The first-order chi connectivity index (χ1) is 11.6. The van der Waals surface area contributed by atoms with E-state index in [1.165, 1.54) is 22.9 Å². The fourth-order valence-corrected chi connectivity index (χ4v) is 4.29. The van der Waals surface area contributed by atoms with Gasteiger partial charge < -0.3 is 5.32 Å². The van der Waals surface area contributed by atoms with Gasteiger partial charge in [0.15, 0.2) is 0 Å². The molecule has 0 bridgehead atoms. The molecule has 2 aliphatic rings. The quantitative estimate of drug-likeness (QED) is 0.897. The van der Waals surface area contributed by atoms with Crippen LogP contribution >= 0.6 is 11.8 Å². The highest BCUT2D eigenvalue weighted by molar-refractivity contribution is 8.16.